The second-order valence-electron chi connectivity index (χ2n) is 7.87. The first-order valence-corrected chi connectivity index (χ1v) is 13.0. The molecule has 0 amide bonds. The van der Waals surface area contributed by atoms with Crippen LogP contribution in [0.15, 0.2) is 87.3 Å². The number of benzene rings is 3. The van der Waals surface area contributed by atoms with Crippen LogP contribution in [0.5, 0.6) is 17.4 Å². The second kappa shape index (κ2) is 12.4. The monoisotopic (exact) mass is 558 g/mol. The third kappa shape index (κ3) is 6.51. The molecule has 204 valence electrons. The third-order valence-corrected chi connectivity index (χ3v) is 7.04. The average Bonchev–Trinajstić information content (AvgIpc) is 3.33. The molecule has 0 spiro atoms. The Labute approximate surface area is 222 Å². The lowest BCUT2D eigenvalue weighted by molar-refractivity contribution is -0.832. The van der Waals surface area contributed by atoms with Crippen molar-refractivity contribution in [2.75, 3.05) is 33.5 Å². The normalized spacial score (nSPS) is 11.2. The molecule has 1 heterocycles. The number of hydrogen-bond donors (Lipinski definition) is 0. The second-order valence-corrected chi connectivity index (χ2v) is 9.74. The Balaban J connectivity index is 1.29. The van der Waals surface area contributed by atoms with Gasteiger partial charge in [0, 0.05) is 11.1 Å². The predicted octanol–water partition coefficient (Wildman–Crippen LogP) is 2.99. The number of ketones is 1. The first-order chi connectivity index (χ1) is 18.8. The molecule has 1 aromatic heterocycles. The van der Waals surface area contributed by atoms with Crippen LogP contribution in [-0.2, 0) is 14.6 Å². The SMILES string of the molecule is COc1ccc(C(=O)c2cccc(F)c2)cc1OCCOCCOc1no[n+]([O-])c1S(=O)(=O)c1ccccc1. The van der Waals surface area contributed by atoms with Gasteiger partial charge in [-0.15, -0.1) is 0 Å². The summed E-state index contributed by atoms with van der Waals surface area (Å²) in [6.45, 7) is 0.0518. The van der Waals surface area contributed by atoms with Crippen molar-refractivity contribution < 1.29 is 46.1 Å². The van der Waals surface area contributed by atoms with E-state index >= 15 is 0 Å². The van der Waals surface area contributed by atoms with Gasteiger partial charge in [-0.05, 0) is 47.4 Å². The van der Waals surface area contributed by atoms with E-state index in [0.29, 0.717) is 5.75 Å². The summed E-state index contributed by atoms with van der Waals surface area (Å²) in [5.41, 5.74) is 0.485. The highest BCUT2D eigenvalue weighted by molar-refractivity contribution is 7.91. The standard InChI is InChI=1S/C26H23FN2O9S/c1-34-22-11-10-19(24(30)18-6-5-7-20(27)16-18)17-23(22)36-14-12-35-13-15-37-25-26(29(31)38-28-25)39(32,33)21-8-3-2-4-9-21/h2-11,16-17H,12-15H2,1H3. The number of ether oxygens (including phenoxy) is 4. The van der Waals surface area contributed by atoms with Gasteiger partial charge in [0.25, 0.3) is 9.84 Å². The summed E-state index contributed by atoms with van der Waals surface area (Å²) in [5, 5.41) is 14.5. The molecule has 3 aromatic carbocycles. The number of carbonyl (C=O) groups is 1. The molecule has 0 aliphatic carbocycles. The van der Waals surface area contributed by atoms with E-state index in [4.69, 9.17) is 18.9 Å². The van der Waals surface area contributed by atoms with Crippen molar-refractivity contribution in [2.45, 2.75) is 9.92 Å². The van der Waals surface area contributed by atoms with Crippen LogP contribution < -0.4 is 19.1 Å². The molecule has 0 fully saturated rings. The Morgan fingerprint density at radius 1 is 0.923 bits per heavy atom. The van der Waals surface area contributed by atoms with E-state index in [2.05, 4.69) is 9.79 Å². The van der Waals surface area contributed by atoms with E-state index < -0.39 is 26.6 Å². The number of halogens is 1. The molecule has 11 nitrogen and oxygen atoms in total. The maximum Gasteiger partial charge on any atom is 0.415 e. The molecular formula is C26H23FN2O9S. The lowest BCUT2D eigenvalue weighted by Crippen LogP contribution is -2.31. The fraction of sp³-hybridized carbons (Fsp3) is 0.192. The number of aromatic nitrogens is 2. The van der Waals surface area contributed by atoms with Crippen LogP contribution in [0.4, 0.5) is 4.39 Å². The van der Waals surface area contributed by atoms with Crippen molar-refractivity contribution in [2.24, 2.45) is 0 Å². The van der Waals surface area contributed by atoms with Crippen molar-refractivity contribution in [3.05, 3.63) is 94.9 Å². The zero-order valence-corrected chi connectivity index (χ0v) is 21.4. The molecule has 0 bridgehead atoms. The third-order valence-electron chi connectivity index (χ3n) is 5.32. The molecule has 0 N–H and O–H groups in total. The smallest absolute Gasteiger partial charge is 0.415 e. The number of carbonyl (C=O) groups excluding carboxylic acids is 1. The van der Waals surface area contributed by atoms with Gasteiger partial charge in [-0.3, -0.25) is 9.42 Å². The van der Waals surface area contributed by atoms with Crippen LogP contribution >= 0.6 is 0 Å². The zero-order chi connectivity index (χ0) is 27.8. The van der Waals surface area contributed by atoms with E-state index in [1.807, 2.05) is 0 Å². The topological polar surface area (TPSA) is 141 Å². The Hall–Kier alpha value is -4.49. The lowest BCUT2D eigenvalue weighted by atomic mass is 10.0. The molecule has 4 aromatic rings. The van der Waals surface area contributed by atoms with Crippen molar-refractivity contribution in [1.29, 1.82) is 0 Å². The summed E-state index contributed by atoms with van der Waals surface area (Å²) in [6, 6.07) is 17.3. The van der Waals surface area contributed by atoms with Gasteiger partial charge in [-0.25, -0.2) is 12.8 Å². The van der Waals surface area contributed by atoms with Gasteiger partial charge in [0.1, 0.15) is 19.0 Å². The van der Waals surface area contributed by atoms with Gasteiger partial charge < -0.3 is 24.2 Å². The number of methoxy groups -OCH3 is 1. The molecule has 39 heavy (non-hydrogen) atoms. The fourth-order valence-electron chi connectivity index (χ4n) is 3.48. The molecule has 0 radical (unpaired) electrons. The van der Waals surface area contributed by atoms with Gasteiger partial charge in [0.2, 0.25) is 0 Å². The molecule has 0 aliphatic rings. The van der Waals surface area contributed by atoms with E-state index in [-0.39, 0.29) is 58.9 Å². The summed E-state index contributed by atoms with van der Waals surface area (Å²) in [6.07, 6.45) is 0. The summed E-state index contributed by atoms with van der Waals surface area (Å²) in [5.74, 6) is -0.706. The van der Waals surface area contributed by atoms with Crippen LogP contribution in [0.3, 0.4) is 0 Å². The Morgan fingerprint density at radius 2 is 1.64 bits per heavy atom. The van der Waals surface area contributed by atoms with Gasteiger partial charge in [-0.2, -0.15) is 0 Å². The first-order valence-electron chi connectivity index (χ1n) is 11.5. The molecule has 0 atom stereocenters. The van der Waals surface area contributed by atoms with Crippen LogP contribution in [0.25, 0.3) is 0 Å². The van der Waals surface area contributed by atoms with Crippen molar-refractivity contribution in [3.8, 4) is 17.4 Å². The van der Waals surface area contributed by atoms with Gasteiger partial charge in [0.05, 0.1) is 30.4 Å². The molecule has 0 unspecified atom stereocenters. The highest BCUT2D eigenvalue weighted by atomic mass is 32.2. The molecule has 13 heteroatoms. The summed E-state index contributed by atoms with van der Waals surface area (Å²) < 4.78 is 65.2. The van der Waals surface area contributed by atoms with Gasteiger partial charge >= 0.3 is 10.9 Å². The van der Waals surface area contributed by atoms with Gasteiger partial charge in [-0.1, -0.05) is 30.3 Å². The van der Waals surface area contributed by atoms with Crippen LogP contribution in [0.2, 0.25) is 0 Å². The van der Waals surface area contributed by atoms with Crippen LogP contribution in [0, 0.1) is 11.0 Å². The highest BCUT2D eigenvalue weighted by Crippen LogP contribution is 2.29. The van der Waals surface area contributed by atoms with E-state index in [0.717, 1.165) is 6.07 Å². The number of nitrogens with zero attached hydrogens (tertiary/aromatic N) is 2. The molecule has 0 aliphatic heterocycles. The fourth-order valence-corrected chi connectivity index (χ4v) is 4.77. The predicted molar refractivity (Wildman–Crippen MR) is 132 cm³/mol. The largest absolute Gasteiger partial charge is 0.493 e. The Morgan fingerprint density at radius 3 is 2.36 bits per heavy atom. The Kier molecular flexibility index (Phi) is 8.74. The lowest BCUT2D eigenvalue weighted by Gasteiger charge is -2.12. The summed E-state index contributed by atoms with van der Waals surface area (Å²) >= 11 is 0. The summed E-state index contributed by atoms with van der Waals surface area (Å²) in [4.78, 5) is 12.4. The average molecular weight is 559 g/mol. The summed E-state index contributed by atoms with van der Waals surface area (Å²) in [7, 11) is -2.77. The van der Waals surface area contributed by atoms with Crippen molar-refractivity contribution in [1.82, 2.24) is 5.16 Å². The number of sulfone groups is 1. The van der Waals surface area contributed by atoms with E-state index in [1.54, 1.807) is 18.2 Å². The molecule has 4 rings (SSSR count). The minimum Gasteiger partial charge on any atom is -0.493 e. The molecule has 0 saturated carbocycles. The minimum absolute atomic E-state index is 0.00906. The maximum absolute atomic E-state index is 13.5. The number of hydrogen-bond acceptors (Lipinski definition) is 10. The van der Waals surface area contributed by atoms with E-state index in [9.17, 15) is 22.8 Å². The van der Waals surface area contributed by atoms with E-state index in [1.165, 1.54) is 55.6 Å². The number of rotatable bonds is 13. The molecular weight excluding hydrogens is 535 g/mol. The van der Waals surface area contributed by atoms with Crippen LogP contribution in [-0.4, -0.2) is 52.9 Å². The first kappa shape index (κ1) is 27.5. The Bertz CT molecular complexity index is 1540. The van der Waals surface area contributed by atoms with Crippen molar-refractivity contribution in [3.63, 3.8) is 0 Å². The highest BCUT2D eigenvalue weighted by Gasteiger charge is 2.35. The minimum atomic E-state index is -4.22. The maximum atomic E-state index is 13.5. The van der Waals surface area contributed by atoms with Crippen LogP contribution in [0.1, 0.15) is 15.9 Å². The zero-order valence-electron chi connectivity index (χ0n) is 20.6. The van der Waals surface area contributed by atoms with Crippen molar-refractivity contribution >= 4 is 15.6 Å². The quantitative estimate of drug-likeness (QED) is 0.137. The van der Waals surface area contributed by atoms with Gasteiger partial charge in [0.15, 0.2) is 17.3 Å². The molecule has 0 saturated heterocycles.